The van der Waals surface area contributed by atoms with Gasteiger partial charge < -0.3 is 0 Å². The van der Waals surface area contributed by atoms with Crippen LogP contribution in [0.4, 0.5) is 0 Å². The lowest BCUT2D eigenvalue weighted by Gasteiger charge is -2.27. The molecule has 0 bridgehead atoms. The van der Waals surface area contributed by atoms with Crippen LogP contribution in [-0.2, 0) is 6.42 Å². The molecule has 0 spiro atoms. The van der Waals surface area contributed by atoms with Gasteiger partial charge in [-0.1, -0.05) is 38.8 Å². The van der Waals surface area contributed by atoms with Gasteiger partial charge in [0.2, 0.25) is 0 Å². The molecule has 1 aromatic heterocycles. The third-order valence-electron chi connectivity index (χ3n) is 4.29. The first-order chi connectivity index (χ1) is 9.51. The Morgan fingerprint density at radius 1 is 1.20 bits per heavy atom. The maximum Gasteiger partial charge on any atom is 0.146 e. The molecule has 0 saturated heterocycles. The normalized spacial score (nSPS) is 23.3. The molecule has 0 unspecified atom stereocenters. The second-order valence-corrected chi connectivity index (χ2v) is 7.79. The predicted octanol–water partition coefficient (Wildman–Crippen LogP) is 5.62. The van der Waals surface area contributed by atoms with Gasteiger partial charge in [0.15, 0.2) is 0 Å². The molecule has 1 aliphatic carbocycles. The van der Waals surface area contributed by atoms with Gasteiger partial charge in [0, 0.05) is 5.92 Å². The van der Waals surface area contributed by atoms with E-state index < -0.39 is 0 Å². The van der Waals surface area contributed by atoms with Crippen LogP contribution in [0.2, 0.25) is 5.15 Å². The number of aromatic nitrogens is 2. The summed E-state index contributed by atoms with van der Waals surface area (Å²) in [6.07, 6.45) is 7.35. The van der Waals surface area contributed by atoms with Crippen LogP contribution in [0.3, 0.4) is 0 Å². The lowest BCUT2D eigenvalue weighted by Crippen LogP contribution is -2.16. The Labute approximate surface area is 141 Å². The van der Waals surface area contributed by atoms with Crippen molar-refractivity contribution >= 4 is 34.2 Å². The molecule has 1 aliphatic rings. The number of hydrogen-bond donors (Lipinski definition) is 0. The van der Waals surface area contributed by atoms with Gasteiger partial charge in [-0.3, -0.25) is 0 Å². The van der Waals surface area contributed by atoms with Crippen LogP contribution in [0.25, 0.3) is 0 Å². The summed E-state index contributed by atoms with van der Waals surface area (Å²) in [5.74, 6) is 3.00. The van der Waals surface area contributed by atoms with Crippen molar-refractivity contribution in [1.29, 1.82) is 0 Å². The number of rotatable bonds is 4. The molecule has 0 N–H and O–H groups in total. The van der Waals surface area contributed by atoms with Crippen LogP contribution in [0, 0.1) is 15.4 Å². The highest BCUT2D eigenvalue weighted by Crippen LogP contribution is 2.36. The van der Waals surface area contributed by atoms with Gasteiger partial charge in [0.1, 0.15) is 11.0 Å². The average Bonchev–Trinajstić information content (AvgIpc) is 2.43. The smallest absolute Gasteiger partial charge is 0.146 e. The van der Waals surface area contributed by atoms with E-state index >= 15 is 0 Å². The molecule has 20 heavy (non-hydrogen) atoms. The molecule has 0 radical (unpaired) electrons. The van der Waals surface area contributed by atoms with Crippen LogP contribution in [0.15, 0.2) is 0 Å². The monoisotopic (exact) mass is 406 g/mol. The van der Waals surface area contributed by atoms with E-state index in [2.05, 4.69) is 48.3 Å². The van der Waals surface area contributed by atoms with E-state index in [-0.39, 0.29) is 0 Å². The van der Waals surface area contributed by atoms with Crippen LogP contribution >= 0.6 is 34.2 Å². The zero-order valence-electron chi connectivity index (χ0n) is 12.6. The molecule has 0 aliphatic heterocycles. The number of nitrogens with zero attached hydrogens (tertiary/aromatic N) is 2. The Kier molecular flexibility index (Phi) is 6.09. The molecule has 2 nitrogen and oxygen atoms in total. The fourth-order valence-corrected chi connectivity index (χ4v) is 3.67. The van der Waals surface area contributed by atoms with E-state index in [0.717, 1.165) is 27.4 Å². The Morgan fingerprint density at radius 2 is 1.85 bits per heavy atom. The Bertz CT molecular complexity index is 454. The fraction of sp³-hybridized carbons (Fsp3) is 0.750. The van der Waals surface area contributed by atoms with Crippen molar-refractivity contribution in [2.75, 3.05) is 0 Å². The topological polar surface area (TPSA) is 25.8 Å². The Hall–Kier alpha value is 0.1000. The third kappa shape index (κ3) is 4.06. The van der Waals surface area contributed by atoms with Gasteiger partial charge >= 0.3 is 0 Å². The van der Waals surface area contributed by atoms with Crippen molar-refractivity contribution in [3.63, 3.8) is 0 Å². The maximum absolute atomic E-state index is 6.32. The summed E-state index contributed by atoms with van der Waals surface area (Å²) >= 11 is 8.60. The minimum absolute atomic E-state index is 0.512. The first kappa shape index (κ1) is 16.5. The quantitative estimate of drug-likeness (QED) is 0.479. The Balaban J connectivity index is 2.18. The lowest BCUT2D eigenvalue weighted by atomic mass is 9.80. The van der Waals surface area contributed by atoms with Crippen LogP contribution in [0.5, 0.6) is 0 Å². The van der Waals surface area contributed by atoms with Crippen molar-refractivity contribution in [3.05, 3.63) is 20.2 Å². The number of hydrogen-bond acceptors (Lipinski definition) is 2. The second-order valence-electron chi connectivity index (χ2n) is 6.36. The van der Waals surface area contributed by atoms with Gasteiger partial charge in [-0.15, -0.1) is 0 Å². The molecule has 0 amide bonds. The van der Waals surface area contributed by atoms with Gasteiger partial charge in [-0.25, -0.2) is 9.97 Å². The Morgan fingerprint density at radius 3 is 2.40 bits per heavy atom. The predicted molar refractivity (Wildman–Crippen MR) is 93.3 cm³/mol. The van der Waals surface area contributed by atoms with Gasteiger partial charge in [0.25, 0.3) is 0 Å². The van der Waals surface area contributed by atoms with E-state index in [4.69, 9.17) is 16.6 Å². The highest BCUT2D eigenvalue weighted by Gasteiger charge is 2.25. The number of halogens is 2. The highest BCUT2D eigenvalue weighted by atomic mass is 127. The fourth-order valence-electron chi connectivity index (χ4n) is 3.01. The standard InChI is InChI=1S/C16H24ClIN2/c1-4-11-5-7-12(8-6-11)16-19-13(9-10(2)3)14(18)15(17)20-16/h10-12H,4-9H2,1-3H3. The molecule has 1 fully saturated rings. The molecule has 112 valence electrons. The first-order valence-electron chi connectivity index (χ1n) is 7.73. The molecule has 0 aromatic carbocycles. The van der Waals surface area contributed by atoms with E-state index in [1.807, 2.05) is 0 Å². The van der Waals surface area contributed by atoms with Crippen LogP contribution < -0.4 is 0 Å². The third-order valence-corrected chi connectivity index (χ3v) is 6.01. The molecule has 1 heterocycles. The van der Waals surface area contributed by atoms with Gasteiger partial charge in [-0.05, 0) is 66.5 Å². The average molecular weight is 407 g/mol. The van der Waals surface area contributed by atoms with Crippen molar-refractivity contribution in [3.8, 4) is 0 Å². The van der Waals surface area contributed by atoms with E-state index in [0.29, 0.717) is 17.0 Å². The summed E-state index contributed by atoms with van der Waals surface area (Å²) in [7, 11) is 0. The van der Waals surface area contributed by atoms with Crippen LogP contribution in [-0.4, -0.2) is 9.97 Å². The van der Waals surface area contributed by atoms with Gasteiger partial charge in [-0.2, -0.15) is 0 Å². The van der Waals surface area contributed by atoms with E-state index in [9.17, 15) is 0 Å². The molecule has 0 atom stereocenters. The minimum atomic E-state index is 0.512. The molecule has 1 saturated carbocycles. The molecular weight excluding hydrogens is 383 g/mol. The summed E-state index contributed by atoms with van der Waals surface area (Å²) in [6.45, 7) is 6.74. The van der Waals surface area contributed by atoms with Crippen LogP contribution in [0.1, 0.15) is 70.3 Å². The maximum atomic E-state index is 6.32. The largest absolute Gasteiger partial charge is 0.236 e. The molecule has 4 heteroatoms. The zero-order valence-corrected chi connectivity index (χ0v) is 15.5. The summed E-state index contributed by atoms with van der Waals surface area (Å²) in [4.78, 5) is 9.41. The molecular formula is C16H24ClIN2. The minimum Gasteiger partial charge on any atom is -0.236 e. The summed E-state index contributed by atoms with van der Waals surface area (Å²) < 4.78 is 1.03. The first-order valence-corrected chi connectivity index (χ1v) is 9.18. The SMILES string of the molecule is CCC1CCC(c2nc(Cl)c(I)c(CC(C)C)n2)CC1. The van der Waals surface area contributed by atoms with Crippen molar-refractivity contribution in [1.82, 2.24) is 9.97 Å². The molecule has 1 aromatic rings. The van der Waals surface area contributed by atoms with Crippen molar-refractivity contribution in [2.24, 2.45) is 11.8 Å². The zero-order chi connectivity index (χ0) is 14.7. The summed E-state index contributed by atoms with van der Waals surface area (Å²) in [5, 5.41) is 0.642. The second kappa shape index (κ2) is 7.39. The summed E-state index contributed by atoms with van der Waals surface area (Å²) in [6, 6.07) is 0. The van der Waals surface area contributed by atoms with E-state index in [1.54, 1.807) is 0 Å². The van der Waals surface area contributed by atoms with Crippen molar-refractivity contribution in [2.45, 2.75) is 65.2 Å². The highest BCUT2D eigenvalue weighted by molar-refractivity contribution is 14.1. The van der Waals surface area contributed by atoms with Crippen molar-refractivity contribution < 1.29 is 0 Å². The van der Waals surface area contributed by atoms with E-state index in [1.165, 1.54) is 32.1 Å². The molecule has 2 rings (SSSR count). The lowest BCUT2D eigenvalue weighted by molar-refractivity contribution is 0.311. The van der Waals surface area contributed by atoms with Gasteiger partial charge in [0.05, 0.1) is 9.26 Å². The summed E-state index contributed by atoms with van der Waals surface area (Å²) in [5.41, 5.74) is 1.13.